The largest absolute Gasteiger partial charge is 0.471 e. The summed E-state index contributed by atoms with van der Waals surface area (Å²) in [6.07, 6.45) is 0. The molecule has 2 N–H and O–H groups in total. The van der Waals surface area contributed by atoms with Gasteiger partial charge in [0.1, 0.15) is 12.4 Å². The molecule has 3 heterocycles. The van der Waals surface area contributed by atoms with Gasteiger partial charge in [0.15, 0.2) is 0 Å². The number of nitrogens with zero attached hydrogens (tertiary/aromatic N) is 3. The van der Waals surface area contributed by atoms with Crippen molar-refractivity contribution in [3.05, 3.63) is 54.1 Å². The van der Waals surface area contributed by atoms with Gasteiger partial charge in [-0.1, -0.05) is 24.3 Å². The molecule has 1 saturated heterocycles. The maximum absolute atomic E-state index is 5.78. The van der Waals surface area contributed by atoms with Crippen LogP contribution < -0.4 is 15.0 Å². The van der Waals surface area contributed by atoms with Crippen LogP contribution in [0.3, 0.4) is 0 Å². The van der Waals surface area contributed by atoms with Gasteiger partial charge in [-0.25, -0.2) is 0 Å². The zero-order chi connectivity index (χ0) is 18.2. The van der Waals surface area contributed by atoms with Crippen molar-refractivity contribution in [1.29, 1.82) is 0 Å². The lowest BCUT2D eigenvalue weighted by Gasteiger charge is -2.34. The first-order valence-corrected chi connectivity index (χ1v) is 9.38. The Kier molecular flexibility index (Phi) is 3.98. The summed E-state index contributed by atoms with van der Waals surface area (Å²) in [5, 5.41) is 10.9. The minimum Gasteiger partial charge on any atom is -0.471 e. The Bertz CT molecular complexity index is 941. The monoisotopic (exact) mass is 361 g/mol. The first-order valence-electron chi connectivity index (χ1n) is 9.38. The fourth-order valence-electron chi connectivity index (χ4n) is 3.77. The summed E-state index contributed by atoms with van der Waals surface area (Å²) in [6.45, 7) is 4.93. The smallest absolute Gasteiger partial charge is 0.243 e. The van der Waals surface area contributed by atoms with Gasteiger partial charge >= 0.3 is 0 Å². The number of hydrogen-bond acceptors (Lipinski definition) is 5. The Hall–Kier alpha value is -2.99. The first kappa shape index (κ1) is 16.2. The Morgan fingerprint density at radius 3 is 2.59 bits per heavy atom. The summed E-state index contributed by atoms with van der Waals surface area (Å²) in [4.78, 5) is 4.81. The molecule has 2 aromatic carbocycles. The molecule has 0 radical (unpaired) electrons. The van der Waals surface area contributed by atoms with E-state index in [9.17, 15) is 0 Å². The van der Waals surface area contributed by atoms with Gasteiger partial charge in [-0.05, 0) is 42.4 Å². The van der Waals surface area contributed by atoms with Crippen LogP contribution in [-0.2, 0) is 6.61 Å². The quantitative estimate of drug-likeness (QED) is 0.748. The maximum atomic E-state index is 5.78. The molecule has 1 aromatic heterocycles. The van der Waals surface area contributed by atoms with Crippen LogP contribution in [0.1, 0.15) is 5.56 Å². The van der Waals surface area contributed by atoms with Crippen LogP contribution in [0.5, 0.6) is 5.88 Å². The fourth-order valence-corrected chi connectivity index (χ4v) is 3.77. The molecule has 1 fully saturated rings. The number of aromatic nitrogens is 2. The third-order valence-electron chi connectivity index (χ3n) is 5.39. The van der Waals surface area contributed by atoms with Gasteiger partial charge in [-0.3, -0.25) is 5.10 Å². The van der Waals surface area contributed by atoms with Crippen molar-refractivity contribution in [3.8, 4) is 17.0 Å². The Morgan fingerprint density at radius 2 is 1.78 bits per heavy atom. The molecule has 0 aliphatic carbocycles. The summed E-state index contributed by atoms with van der Waals surface area (Å²) >= 11 is 0. The van der Waals surface area contributed by atoms with Crippen molar-refractivity contribution in [3.63, 3.8) is 0 Å². The fraction of sp³-hybridized carbons (Fsp3) is 0.286. The minimum atomic E-state index is 0.563. The van der Waals surface area contributed by atoms with Gasteiger partial charge in [0.25, 0.3) is 0 Å². The third kappa shape index (κ3) is 3.02. The number of hydrogen-bond donors (Lipinski definition) is 2. The average molecular weight is 361 g/mol. The average Bonchev–Trinajstić information content (AvgIpc) is 3.13. The predicted octanol–water partition coefficient (Wildman–Crippen LogP) is 3.46. The molecule has 2 aliphatic rings. The second kappa shape index (κ2) is 6.63. The molecule has 0 saturated carbocycles. The van der Waals surface area contributed by atoms with Gasteiger partial charge in [0.05, 0.1) is 5.56 Å². The number of aromatic amines is 1. The molecule has 3 aromatic rings. The highest BCUT2D eigenvalue weighted by Crippen LogP contribution is 2.41. The van der Waals surface area contributed by atoms with E-state index in [1.165, 1.54) is 16.8 Å². The molecule has 0 unspecified atom stereocenters. The Balaban J connectivity index is 1.37. The van der Waals surface area contributed by atoms with Crippen molar-refractivity contribution in [2.45, 2.75) is 6.61 Å². The number of H-pyrrole nitrogens is 1. The third-order valence-corrected chi connectivity index (χ3v) is 5.39. The number of piperazine rings is 1. The van der Waals surface area contributed by atoms with E-state index in [-0.39, 0.29) is 0 Å². The normalized spacial score (nSPS) is 16.4. The molecule has 0 atom stereocenters. The maximum Gasteiger partial charge on any atom is 0.243 e. The van der Waals surface area contributed by atoms with Gasteiger partial charge < -0.3 is 19.9 Å². The van der Waals surface area contributed by atoms with E-state index in [1.807, 2.05) is 6.07 Å². The van der Waals surface area contributed by atoms with Crippen LogP contribution in [0.25, 0.3) is 11.1 Å². The molecule has 27 heavy (non-hydrogen) atoms. The van der Waals surface area contributed by atoms with Crippen LogP contribution in [0.4, 0.5) is 17.2 Å². The summed E-state index contributed by atoms with van der Waals surface area (Å²) in [6, 6.07) is 16.9. The number of likely N-dealkylation sites (N-methyl/N-ethyl adjacent to an activating group) is 1. The number of ether oxygens (including phenoxy) is 1. The van der Waals surface area contributed by atoms with Gasteiger partial charge in [0, 0.05) is 37.6 Å². The SMILES string of the molecule is CN1CCN(c2ccc(Nc3[nH]nc4c3-c3ccccc3CO4)cc2)CC1. The predicted molar refractivity (Wildman–Crippen MR) is 108 cm³/mol. The first-order chi connectivity index (χ1) is 13.3. The van der Waals surface area contributed by atoms with Crippen molar-refractivity contribution in [1.82, 2.24) is 15.1 Å². The zero-order valence-corrected chi connectivity index (χ0v) is 15.4. The minimum absolute atomic E-state index is 0.563. The van der Waals surface area contributed by atoms with Gasteiger partial charge in [-0.15, -0.1) is 5.10 Å². The Morgan fingerprint density at radius 1 is 1.00 bits per heavy atom. The van der Waals surface area contributed by atoms with E-state index in [1.54, 1.807) is 0 Å². The highest BCUT2D eigenvalue weighted by atomic mass is 16.5. The number of benzene rings is 2. The van der Waals surface area contributed by atoms with Crippen molar-refractivity contribution in [2.24, 2.45) is 0 Å². The zero-order valence-electron chi connectivity index (χ0n) is 15.4. The second-order valence-corrected chi connectivity index (χ2v) is 7.19. The van der Waals surface area contributed by atoms with E-state index < -0.39 is 0 Å². The van der Waals surface area contributed by atoms with Crippen molar-refractivity contribution < 1.29 is 4.74 Å². The van der Waals surface area contributed by atoms with E-state index in [4.69, 9.17) is 4.74 Å². The number of rotatable bonds is 3. The number of anilines is 3. The number of fused-ring (bicyclic) bond motifs is 3. The molecule has 6 nitrogen and oxygen atoms in total. The van der Waals surface area contributed by atoms with Crippen LogP contribution >= 0.6 is 0 Å². The van der Waals surface area contributed by atoms with E-state index in [2.05, 4.69) is 74.8 Å². The second-order valence-electron chi connectivity index (χ2n) is 7.19. The molecule has 0 amide bonds. The highest BCUT2D eigenvalue weighted by Gasteiger charge is 2.23. The molecular formula is C21H23N5O. The number of nitrogens with one attached hydrogen (secondary N) is 2. The van der Waals surface area contributed by atoms with E-state index in [0.717, 1.165) is 43.2 Å². The van der Waals surface area contributed by atoms with Crippen molar-refractivity contribution >= 4 is 17.2 Å². The molecule has 138 valence electrons. The summed E-state index contributed by atoms with van der Waals surface area (Å²) < 4.78 is 5.78. The van der Waals surface area contributed by atoms with E-state index >= 15 is 0 Å². The molecular weight excluding hydrogens is 338 g/mol. The standard InChI is InChI=1S/C21H23N5O/c1-25-10-12-26(13-11-25)17-8-6-16(7-9-17)22-20-19-18-5-3-2-4-15(18)14-27-21(19)24-23-20/h2-9H,10-14H2,1H3,(H2,22,23,24). The summed E-state index contributed by atoms with van der Waals surface area (Å²) in [5.41, 5.74) is 5.65. The lowest BCUT2D eigenvalue weighted by molar-refractivity contribution is 0.290. The van der Waals surface area contributed by atoms with Crippen LogP contribution in [0, 0.1) is 0 Å². The topological polar surface area (TPSA) is 56.4 Å². The van der Waals surface area contributed by atoms with Crippen LogP contribution in [-0.4, -0.2) is 48.3 Å². The molecule has 5 rings (SSSR count). The highest BCUT2D eigenvalue weighted by molar-refractivity contribution is 5.85. The Labute approximate surface area is 158 Å². The van der Waals surface area contributed by atoms with Gasteiger partial charge in [-0.2, -0.15) is 0 Å². The molecule has 0 spiro atoms. The van der Waals surface area contributed by atoms with E-state index in [0.29, 0.717) is 12.5 Å². The molecule has 0 bridgehead atoms. The lowest BCUT2D eigenvalue weighted by atomic mass is 10.00. The molecule has 6 heteroatoms. The van der Waals surface area contributed by atoms with Crippen molar-refractivity contribution in [2.75, 3.05) is 43.4 Å². The summed E-state index contributed by atoms with van der Waals surface area (Å²) in [5.74, 6) is 1.52. The van der Waals surface area contributed by atoms with Crippen LogP contribution in [0.15, 0.2) is 48.5 Å². The summed E-state index contributed by atoms with van der Waals surface area (Å²) in [7, 11) is 2.18. The lowest BCUT2D eigenvalue weighted by Crippen LogP contribution is -2.44. The van der Waals surface area contributed by atoms with Crippen LogP contribution in [0.2, 0.25) is 0 Å². The molecule has 2 aliphatic heterocycles. The van der Waals surface area contributed by atoms with Gasteiger partial charge in [0.2, 0.25) is 5.88 Å².